The highest BCUT2D eigenvalue weighted by Gasteiger charge is 2.14. The van der Waals surface area contributed by atoms with Crippen LogP contribution in [0.25, 0.3) is 0 Å². The summed E-state index contributed by atoms with van der Waals surface area (Å²) < 4.78 is 0. The van der Waals surface area contributed by atoms with Gasteiger partial charge in [0.1, 0.15) is 0 Å². The van der Waals surface area contributed by atoms with Crippen LogP contribution in [0.1, 0.15) is 12.5 Å². The highest BCUT2D eigenvalue weighted by molar-refractivity contribution is 6.30. The number of benzene rings is 1. The van der Waals surface area contributed by atoms with E-state index in [9.17, 15) is 10.1 Å². The molecule has 1 unspecified atom stereocenters. The summed E-state index contributed by atoms with van der Waals surface area (Å²) in [5.74, 6) is 0. The zero-order valence-electron chi connectivity index (χ0n) is 7.74. The van der Waals surface area contributed by atoms with Crippen molar-refractivity contribution in [1.82, 2.24) is 0 Å². The third-order valence-electron chi connectivity index (χ3n) is 1.79. The van der Waals surface area contributed by atoms with Gasteiger partial charge in [-0.2, -0.15) is 0 Å². The number of halogens is 1. The summed E-state index contributed by atoms with van der Waals surface area (Å²) in [7, 11) is 0. The van der Waals surface area contributed by atoms with Crippen LogP contribution in [0.2, 0.25) is 5.02 Å². The van der Waals surface area contributed by atoms with E-state index in [1.165, 1.54) is 6.07 Å². The molecule has 0 saturated carbocycles. The monoisotopic (exact) mass is 214 g/mol. The van der Waals surface area contributed by atoms with Gasteiger partial charge in [0.25, 0.3) is 5.69 Å². The lowest BCUT2D eigenvalue weighted by Gasteiger charge is -2.05. The quantitative estimate of drug-likeness (QED) is 0.619. The molecular formula is C9H11ClN2O2. The Morgan fingerprint density at radius 2 is 2.29 bits per heavy atom. The SMILES string of the molecule is CC(N)Cc1ccc(Cl)cc1[N+](=O)[O-]. The van der Waals surface area contributed by atoms with E-state index in [4.69, 9.17) is 17.3 Å². The Morgan fingerprint density at radius 1 is 1.64 bits per heavy atom. The van der Waals surface area contributed by atoms with Crippen LogP contribution < -0.4 is 5.73 Å². The molecule has 0 heterocycles. The second kappa shape index (κ2) is 4.39. The van der Waals surface area contributed by atoms with Crippen LogP contribution in [0.4, 0.5) is 5.69 Å². The Hall–Kier alpha value is -1.13. The number of nitro benzene ring substituents is 1. The Balaban J connectivity index is 3.08. The molecule has 0 saturated heterocycles. The van der Waals surface area contributed by atoms with Gasteiger partial charge in [-0.05, 0) is 19.4 Å². The van der Waals surface area contributed by atoms with Crippen molar-refractivity contribution < 1.29 is 4.92 Å². The Bertz CT molecular complexity index is 353. The van der Waals surface area contributed by atoms with Gasteiger partial charge in [0.2, 0.25) is 0 Å². The van der Waals surface area contributed by atoms with E-state index >= 15 is 0 Å². The molecular weight excluding hydrogens is 204 g/mol. The molecule has 76 valence electrons. The highest BCUT2D eigenvalue weighted by Crippen LogP contribution is 2.23. The summed E-state index contributed by atoms with van der Waals surface area (Å²) in [5, 5.41) is 11.0. The number of nitrogens with zero attached hydrogens (tertiary/aromatic N) is 1. The summed E-state index contributed by atoms with van der Waals surface area (Å²) in [5.41, 5.74) is 6.23. The summed E-state index contributed by atoms with van der Waals surface area (Å²) in [6.45, 7) is 1.80. The minimum atomic E-state index is -0.441. The average Bonchev–Trinajstić information content (AvgIpc) is 2.07. The van der Waals surface area contributed by atoms with Gasteiger partial charge >= 0.3 is 0 Å². The van der Waals surface area contributed by atoms with Crippen LogP contribution in [0.15, 0.2) is 18.2 Å². The van der Waals surface area contributed by atoms with Crippen molar-refractivity contribution in [3.05, 3.63) is 38.9 Å². The zero-order valence-corrected chi connectivity index (χ0v) is 8.49. The molecule has 14 heavy (non-hydrogen) atoms. The minimum absolute atomic E-state index is 0.0369. The number of rotatable bonds is 3. The standard InChI is InChI=1S/C9H11ClN2O2/c1-6(11)4-7-2-3-8(10)5-9(7)12(13)14/h2-3,5-6H,4,11H2,1H3. The van der Waals surface area contributed by atoms with Crippen molar-refractivity contribution in [2.45, 2.75) is 19.4 Å². The summed E-state index contributed by atoms with van der Waals surface area (Å²) in [6, 6.07) is 4.52. The molecule has 1 atom stereocenters. The fourth-order valence-electron chi connectivity index (χ4n) is 1.23. The summed E-state index contributed by atoms with van der Waals surface area (Å²) >= 11 is 5.66. The molecule has 4 nitrogen and oxygen atoms in total. The van der Waals surface area contributed by atoms with Crippen LogP contribution in [-0.4, -0.2) is 11.0 Å². The normalized spacial score (nSPS) is 12.5. The van der Waals surface area contributed by atoms with Gasteiger partial charge in [-0.3, -0.25) is 10.1 Å². The molecule has 0 amide bonds. The fraction of sp³-hybridized carbons (Fsp3) is 0.333. The van der Waals surface area contributed by atoms with Crippen LogP contribution >= 0.6 is 11.6 Å². The van der Waals surface area contributed by atoms with Crippen LogP contribution in [-0.2, 0) is 6.42 Å². The Kier molecular flexibility index (Phi) is 3.43. The topological polar surface area (TPSA) is 69.2 Å². The first kappa shape index (κ1) is 10.9. The number of hydrogen-bond acceptors (Lipinski definition) is 3. The van der Waals surface area contributed by atoms with E-state index in [2.05, 4.69) is 0 Å². The van der Waals surface area contributed by atoms with Crippen LogP contribution in [0.5, 0.6) is 0 Å². The molecule has 0 aliphatic heterocycles. The molecule has 1 aromatic rings. The van der Waals surface area contributed by atoms with Crippen molar-refractivity contribution in [1.29, 1.82) is 0 Å². The second-order valence-corrected chi connectivity index (χ2v) is 3.65. The molecule has 0 aliphatic rings. The van der Waals surface area contributed by atoms with E-state index in [0.717, 1.165) is 0 Å². The smallest absolute Gasteiger partial charge is 0.274 e. The number of nitro groups is 1. The van der Waals surface area contributed by atoms with Gasteiger partial charge in [0.05, 0.1) is 4.92 Å². The van der Waals surface area contributed by atoms with Crippen molar-refractivity contribution in [3.63, 3.8) is 0 Å². The van der Waals surface area contributed by atoms with E-state index in [0.29, 0.717) is 17.0 Å². The fourth-order valence-corrected chi connectivity index (χ4v) is 1.39. The molecule has 0 aromatic heterocycles. The van der Waals surface area contributed by atoms with E-state index in [1.54, 1.807) is 19.1 Å². The molecule has 0 fully saturated rings. The summed E-state index contributed by atoms with van der Waals surface area (Å²) in [4.78, 5) is 10.2. The first-order chi connectivity index (χ1) is 6.50. The predicted molar refractivity (Wildman–Crippen MR) is 55.5 cm³/mol. The van der Waals surface area contributed by atoms with Crippen LogP contribution in [0.3, 0.4) is 0 Å². The van der Waals surface area contributed by atoms with Gasteiger partial charge in [-0.15, -0.1) is 0 Å². The lowest BCUT2D eigenvalue weighted by atomic mass is 10.1. The van der Waals surface area contributed by atoms with E-state index < -0.39 is 4.92 Å². The van der Waals surface area contributed by atoms with Crippen molar-refractivity contribution >= 4 is 17.3 Å². The molecule has 1 rings (SSSR count). The highest BCUT2D eigenvalue weighted by atomic mass is 35.5. The van der Waals surface area contributed by atoms with Gasteiger partial charge < -0.3 is 5.73 Å². The van der Waals surface area contributed by atoms with E-state index in [-0.39, 0.29) is 11.7 Å². The third-order valence-corrected chi connectivity index (χ3v) is 2.02. The molecule has 5 heteroatoms. The molecule has 2 N–H and O–H groups in total. The average molecular weight is 215 g/mol. The maximum Gasteiger partial charge on any atom is 0.274 e. The number of nitrogens with two attached hydrogens (primary N) is 1. The maximum atomic E-state index is 10.7. The van der Waals surface area contributed by atoms with Crippen molar-refractivity contribution in [3.8, 4) is 0 Å². The second-order valence-electron chi connectivity index (χ2n) is 3.21. The van der Waals surface area contributed by atoms with E-state index in [1.807, 2.05) is 0 Å². The maximum absolute atomic E-state index is 10.7. The Morgan fingerprint density at radius 3 is 2.79 bits per heavy atom. The van der Waals surface area contributed by atoms with Gasteiger partial charge in [0.15, 0.2) is 0 Å². The minimum Gasteiger partial charge on any atom is -0.328 e. The molecule has 0 aliphatic carbocycles. The largest absolute Gasteiger partial charge is 0.328 e. The van der Waals surface area contributed by atoms with Gasteiger partial charge in [-0.25, -0.2) is 0 Å². The van der Waals surface area contributed by atoms with Gasteiger partial charge in [0, 0.05) is 22.7 Å². The predicted octanol–water partition coefficient (Wildman–Crippen LogP) is 2.14. The molecule has 1 aromatic carbocycles. The molecule has 0 radical (unpaired) electrons. The Labute approximate surface area is 86.8 Å². The number of hydrogen-bond donors (Lipinski definition) is 1. The summed E-state index contributed by atoms with van der Waals surface area (Å²) in [6.07, 6.45) is 0.480. The van der Waals surface area contributed by atoms with Crippen molar-refractivity contribution in [2.75, 3.05) is 0 Å². The lowest BCUT2D eigenvalue weighted by molar-refractivity contribution is -0.385. The molecule has 0 spiro atoms. The van der Waals surface area contributed by atoms with Gasteiger partial charge in [-0.1, -0.05) is 17.7 Å². The van der Waals surface area contributed by atoms with Crippen LogP contribution in [0, 0.1) is 10.1 Å². The van der Waals surface area contributed by atoms with Crippen molar-refractivity contribution in [2.24, 2.45) is 5.73 Å². The zero-order chi connectivity index (χ0) is 10.7. The first-order valence-corrected chi connectivity index (χ1v) is 4.57. The third kappa shape index (κ3) is 2.68. The first-order valence-electron chi connectivity index (χ1n) is 4.19. The lowest BCUT2D eigenvalue weighted by Crippen LogP contribution is -2.18. The molecule has 0 bridgehead atoms.